The van der Waals surface area contributed by atoms with E-state index < -0.39 is 0 Å². The molecular weight excluding hydrogens is 218 g/mol. The van der Waals surface area contributed by atoms with Crippen LogP contribution in [-0.4, -0.2) is 40.1 Å². The van der Waals surface area contributed by atoms with Gasteiger partial charge in [-0.1, -0.05) is 0 Å². The molecule has 0 spiro atoms. The molecule has 0 radical (unpaired) electrons. The summed E-state index contributed by atoms with van der Waals surface area (Å²) in [6, 6.07) is 1.77. The number of nitrogens with one attached hydrogen (secondary N) is 1. The van der Waals surface area contributed by atoms with Crippen molar-refractivity contribution in [3.05, 3.63) is 17.5 Å². The third-order valence-electron chi connectivity index (χ3n) is 2.96. The fraction of sp³-hybridized carbons (Fsp3) is 0.545. The van der Waals surface area contributed by atoms with Gasteiger partial charge in [0.1, 0.15) is 11.5 Å². The molecule has 2 rings (SSSR count). The van der Waals surface area contributed by atoms with Gasteiger partial charge in [0.2, 0.25) is 5.95 Å². The maximum Gasteiger partial charge on any atom is 0.226 e. The third kappa shape index (κ3) is 2.36. The molecule has 0 bridgehead atoms. The number of aryl methyl sites for hydroxylation is 1. The van der Waals surface area contributed by atoms with Crippen molar-refractivity contribution in [2.24, 2.45) is 5.73 Å². The van der Waals surface area contributed by atoms with E-state index in [-0.39, 0.29) is 18.5 Å². The second kappa shape index (κ2) is 4.67. The molecule has 1 aromatic rings. The van der Waals surface area contributed by atoms with E-state index in [0.29, 0.717) is 11.6 Å². The zero-order valence-electron chi connectivity index (χ0n) is 9.85. The molecular formula is C11H17N5O. The Bertz CT molecular complexity index is 434. The maximum absolute atomic E-state index is 9.28. The van der Waals surface area contributed by atoms with Gasteiger partial charge in [-0.05, 0) is 25.8 Å². The van der Waals surface area contributed by atoms with Crippen molar-refractivity contribution in [1.82, 2.24) is 9.97 Å². The number of nitrogens with two attached hydrogens (primary N) is 1. The van der Waals surface area contributed by atoms with E-state index >= 15 is 0 Å². The third-order valence-corrected chi connectivity index (χ3v) is 2.96. The van der Waals surface area contributed by atoms with Gasteiger partial charge >= 0.3 is 0 Å². The highest BCUT2D eigenvalue weighted by Crippen LogP contribution is 2.22. The topological polar surface area (TPSA) is 99.1 Å². The average molecular weight is 235 g/mol. The quantitative estimate of drug-likeness (QED) is 0.507. The minimum Gasteiger partial charge on any atom is -0.394 e. The first-order valence-electron chi connectivity index (χ1n) is 5.69. The van der Waals surface area contributed by atoms with Gasteiger partial charge in [-0.2, -0.15) is 0 Å². The average Bonchev–Trinajstić information content (AvgIpc) is 2.76. The smallest absolute Gasteiger partial charge is 0.226 e. The van der Waals surface area contributed by atoms with E-state index in [1.807, 2.05) is 11.8 Å². The lowest BCUT2D eigenvalue weighted by Crippen LogP contribution is -2.34. The lowest BCUT2D eigenvalue weighted by molar-refractivity contribution is 0.265. The first-order valence-corrected chi connectivity index (χ1v) is 5.69. The molecule has 6 heteroatoms. The van der Waals surface area contributed by atoms with Crippen LogP contribution in [0.1, 0.15) is 24.2 Å². The van der Waals surface area contributed by atoms with Crippen molar-refractivity contribution in [2.75, 3.05) is 18.1 Å². The van der Waals surface area contributed by atoms with E-state index in [0.717, 1.165) is 25.1 Å². The molecule has 17 heavy (non-hydrogen) atoms. The molecule has 4 N–H and O–H groups in total. The van der Waals surface area contributed by atoms with Crippen LogP contribution >= 0.6 is 0 Å². The number of nitrogens with zero attached hydrogens (tertiary/aromatic N) is 3. The van der Waals surface area contributed by atoms with Crippen LogP contribution < -0.4 is 10.6 Å². The minimum absolute atomic E-state index is 0.0588. The summed E-state index contributed by atoms with van der Waals surface area (Å²) in [4.78, 5) is 10.6. The molecule has 0 aliphatic carbocycles. The highest BCUT2D eigenvalue weighted by atomic mass is 16.3. The summed E-state index contributed by atoms with van der Waals surface area (Å²) in [6.07, 6.45) is 1.97. The van der Waals surface area contributed by atoms with E-state index in [2.05, 4.69) is 9.97 Å². The van der Waals surface area contributed by atoms with Gasteiger partial charge < -0.3 is 15.7 Å². The molecule has 92 valence electrons. The Kier molecular flexibility index (Phi) is 3.23. The van der Waals surface area contributed by atoms with Crippen molar-refractivity contribution >= 4 is 11.8 Å². The van der Waals surface area contributed by atoms with Crippen LogP contribution in [0.3, 0.4) is 0 Å². The Hall–Kier alpha value is -1.69. The van der Waals surface area contributed by atoms with Gasteiger partial charge in [-0.15, -0.1) is 0 Å². The SMILES string of the molecule is Cc1cc(C(=N)N)nc(N2CCCC2CO)n1. The summed E-state index contributed by atoms with van der Waals surface area (Å²) in [5, 5.41) is 16.7. The predicted octanol–water partition coefficient (Wildman–Crippen LogP) is 0.0302. The van der Waals surface area contributed by atoms with Crippen molar-refractivity contribution in [1.29, 1.82) is 5.41 Å². The number of amidine groups is 1. The lowest BCUT2D eigenvalue weighted by Gasteiger charge is -2.23. The normalized spacial score (nSPS) is 19.6. The summed E-state index contributed by atoms with van der Waals surface area (Å²) in [7, 11) is 0. The maximum atomic E-state index is 9.28. The zero-order valence-corrected chi connectivity index (χ0v) is 9.85. The van der Waals surface area contributed by atoms with Gasteiger partial charge in [-0.3, -0.25) is 5.41 Å². The monoisotopic (exact) mass is 235 g/mol. The standard InChI is InChI=1S/C11H17N5O/c1-7-5-9(10(12)13)15-11(14-7)16-4-2-3-8(16)6-17/h5,8,17H,2-4,6H2,1H3,(H3,12,13). The van der Waals surface area contributed by atoms with Crippen LogP contribution in [0.5, 0.6) is 0 Å². The highest BCUT2D eigenvalue weighted by molar-refractivity contribution is 5.93. The van der Waals surface area contributed by atoms with Crippen LogP contribution in [0.25, 0.3) is 0 Å². The molecule has 1 aromatic heterocycles. The Balaban J connectivity index is 2.34. The number of anilines is 1. The Morgan fingerprint density at radius 1 is 1.65 bits per heavy atom. The number of aliphatic hydroxyl groups excluding tert-OH is 1. The molecule has 0 saturated carbocycles. The molecule has 6 nitrogen and oxygen atoms in total. The number of hydrogen-bond acceptors (Lipinski definition) is 5. The van der Waals surface area contributed by atoms with Crippen molar-refractivity contribution in [2.45, 2.75) is 25.8 Å². The van der Waals surface area contributed by atoms with Gasteiger partial charge in [-0.25, -0.2) is 9.97 Å². The molecule has 1 unspecified atom stereocenters. The predicted molar refractivity (Wildman–Crippen MR) is 65.2 cm³/mol. The van der Waals surface area contributed by atoms with E-state index in [1.54, 1.807) is 6.07 Å². The molecule has 1 atom stereocenters. The molecule has 0 amide bonds. The van der Waals surface area contributed by atoms with Gasteiger partial charge in [0.25, 0.3) is 0 Å². The summed E-state index contributed by atoms with van der Waals surface area (Å²) < 4.78 is 0. The molecule has 2 heterocycles. The Morgan fingerprint density at radius 3 is 3.06 bits per heavy atom. The van der Waals surface area contributed by atoms with Crippen LogP contribution in [0.2, 0.25) is 0 Å². The van der Waals surface area contributed by atoms with Gasteiger partial charge in [0.15, 0.2) is 0 Å². The first-order chi connectivity index (χ1) is 8.11. The number of rotatable bonds is 3. The molecule has 1 saturated heterocycles. The van der Waals surface area contributed by atoms with Gasteiger partial charge in [0, 0.05) is 12.2 Å². The summed E-state index contributed by atoms with van der Waals surface area (Å²) in [5.74, 6) is 0.503. The number of aromatic nitrogens is 2. The number of hydrogen-bond donors (Lipinski definition) is 3. The number of aliphatic hydroxyl groups is 1. The molecule has 0 aromatic carbocycles. The van der Waals surface area contributed by atoms with Crippen LogP contribution in [-0.2, 0) is 0 Å². The fourth-order valence-corrected chi connectivity index (χ4v) is 2.11. The fourth-order valence-electron chi connectivity index (χ4n) is 2.11. The number of nitrogen functional groups attached to an aromatic ring is 1. The first kappa shape index (κ1) is 11.8. The highest BCUT2D eigenvalue weighted by Gasteiger charge is 2.26. The minimum atomic E-state index is -0.0588. The molecule has 1 aliphatic rings. The van der Waals surface area contributed by atoms with E-state index in [1.165, 1.54) is 0 Å². The van der Waals surface area contributed by atoms with Crippen molar-refractivity contribution in [3.63, 3.8) is 0 Å². The molecule has 1 aliphatic heterocycles. The molecule has 1 fully saturated rings. The van der Waals surface area contributed by atoms with E-state index in [4.69, 9.17) is 11.1 Å². The largest absolute Gasteiger partial charge is 0.394 e. The van der Waals surface area contributed by atoms with Crippen LogP contribution in [0, 0.1) is 12.3 Å². The lowest BCUT2D eigenvalue weighted by atomic mass is 10.2. The van der Waals surface area contributed by atoms with Gasteiger partial charge in [0.05, 0.1) is 12.6 Å². The summed E-state index contributed by atoms with van der Waals surface area (Å²) in [6.45, 7) is 2.79. The van der Waals surface area contributed by atoms with E-state index in [9.17, 15) is 5.11 Å². The second-order valence-electron chi connectivity index (χ2n) is 4.28. The van der Waals surface area contributed by atoms with Crippen molar-refractivity contribution in [3.8, 4) is 0 Å². The Labute approximate surface area is 100.0 Å². The zero-order chi connectivity index (χ0) is 12.4. The summed E-state index contributed by atoms with van der Waals surface area (Å²) >= 11 is 0. The van der Waals surface area contributed by atoms with Crippen LogP contribution in [0.4, 0.5) is 5.95 Å². The van der Waals surface area contributed by atoms with Crippen molar-refractivity contribution < 1.29 is 5.11 Å². The van der Waals surface area contributed by atoms with Crippen LogP contribution in [0.15, 0.2) is 6.07 Å². The Morgan fingerprint density at radius 2 is 2.41 bits per heavy atom. The second-order valence-corrected chi connectivity index (χ2v) is 4.28. The summed E-state index contributed by atoms with van der Waals surface area (Å²) in [5.41, 5.74) is 6.66.